The highest BCUT2D eigenvalue weighted by Crippen LogP contribution is 2.34. The summed E-state index contributed by atoms with van der Waals surface area (Å²) in [5.41, 5.74) is 1.41. The lowest BCUT2D eigenvalue weighted by atomic mass is 9.88. The lowest BCUT2D eigenvalue weighted by Gasteiger charge is -2.31. The molecule has 1 aromatic carbocycles. The summed E-state index contributed by atoms with van der Waals surface area (Å²) < 4.78 is 5.57. The minimum absolute atomic E-state index is 0.0656. The molecular formula is C17H16ClN3O2. The Kier molecular flexibility index (Phi) is 3.47. The van der Waals surface area contributed by atoms with Gasteiger partial charge in [-0.25, -0.2) is 0 Å². The number of nitrogens with one attached hydrogen (secondary N) is 2. The fraction of sp³-hybridized carbons (Fsp3) is 0.294. The summed E-state index contributed by atoms with van der Waals surface area (Å²) in [6.45, 7) is 1.53. The number of anilines is 1. The fourth-order valence-corrected chi connectivity index (χ4v) is 3.34. The van der Waals surface area contributed by atoms with Gasteiger partial charge >= 0.3 is 0 Å². The van der Waals surface area contributed by atoms with Crippen LogP contribution >= 0.6 is 11.6 Å². The summed E-state index contributed by atoms with van der Waals surface area (Å²) >= 11 is 6.16. The molecule has 118 valence electrons. The number of fused-ring (bicyclic) bond motifs is 1. The van der Waals surface area contributed by atoms with Crippen LogP contribution in [0.3, 0.4) is 0 Å². The van der Waals surface area contributed by atoms with Crippen molar-refractivity contribution in [2.45, 2.75) is 18.4 Å². The van der Waals surface area contributed by atoms with Crippen LogP contribution in [0.1, 0.15) is 24.2 Å². The molecule has 2 N–H and O–H groups in total. The van der Waals surface area contributed by atoms with Crippen molar-refractivity contribution >= 4 is 28.9 Å². The van der Waals surface area contributed by atoms with Crippen LogP contribution in [0.5, 0.6) is 0 Å². The molecular weight excluding hydrogens is 314 g/mol. The van der Waals surface area contributed by atoms with Gasteiger partial charge in [-0.1, -0.05) is 11.6 Å². The molecule has 0 atom stereocenters. The monoisotopic (exact) mass is 329 g/mol. The number of hydrogen-bond acceptors (Lipinski definition) is 4. The maximum absolute atomic E-state index is 12.8. The Morgan fingerprint density at radius 1 is 1.22 bits per heavy atom. The molecule has 1 amide bonds. The Morgan fingerprint density at radius 2 is 2.04 bits per heavy atom. The Bertz CT molecular complexity index is 777. The van der Waals surface area contributed by atoms with Crippen LogP contribution in [0.15, 0.2) is 46.0 Å². The molecule has 1 spiro atoms. The van der Waals surface area contributed by atoms with Crippen molar-refractivity contribution in [1.29, 1.82) is 0 Å². The smallest absolute Gasteiger partial charge is 0.252 e. The van der Waals surface area contributed by atoms with E-state index in [1.165, 1.54) is 0 Å². The fourth-order valence-electron chi connectivity index (χ4n) is 3.17. The normalized spacial score (nSPS) is 19.7. The lowest BCUT2D eigenvalue weighted by molar-refractivity contribution is -0.121. The van der Waals surface area contributed by atoms with Gasteiger partial charge in [0.05, 0.1) is 12.0 Å². The maximum Gasteiger partial charge on any atom is 0.252 e. The van der Waals surface area contributed by atoms with E-state index in [2.05, 4.69) is 10.6 Å². The number of halogens is 1. The van der Waals surface area contributed by atoms with Gasteiger partial charge < -0.3 is 15.1 Å². The van der Waals surface area contributed by atoms with Gasteiger partial charge in [-0.15, -0.1) is 0 Å². The van der Waals surface area contributed by atoms with Crippen molar-refractivity contribution < 1.29 is 9.21 Å². The van der Waals surface area contributed by atoms with E-state index < -0.39 is 5.54 Å². The van der Waals surface area contributed by atoms with E-state index in [0.29, 0.717) is 35.0 Å². The third kappa shape index (κ3) is 2.46. The Labute approximate surface area is 138 Å². The van der Waals surface area contributed by atoms with E-state index in [9.17, 15) is 4.79 Å². The number of nitrogens with zero attached hydrogens (tertiary/aromatic N) is 1. The van der Waals surface area contributed by atoms with Crippen LogP contribution in [-0.4, -0.2) is 30.2 Å². The average Bonchev–Trinajstić information content (AvgIpc) is 3.06. The third-order valence-corrected chi connectivity index (χ3v) is 4.65. The van der Waals surface area contributed by atoms with Crippen molar-refractivity contribution in [3.63, 3.8) is 0 Å². The topological polar surface area (TPSA) is 66.6 Å². The van der Waals surface area contributed by atoms with Crippen molar-refractivity contribution in [3.8, 4) is 0 Å². The molecule has 6 heteroatoms. The third-order valence-electron chi connectivity index (χ3n) is 4.42. The summed E-state index contributed by atoms with van der Waals surface area (Å²) in [7, 11) is 0. The van der Waals surface area contributed by atoms with E-state index in [-0.39, 0.29) is 5.91 Å². The van der Waals surface area contributed by atoms with E-state index in [4.69, 9.17) is 21.0 Å². The molecule has 2 aliphatic rings. The molecule has 0 radical (unpaired) electrons. The average molecular weight is 330 g/mol. The Morgan fingerprint density at radius 3 is 2.78 bits per heavy atom. The van der Waals surface area contributed by atoms with Crippen molar-refractivity contribution in [2.24, 2.45) is 4.99 Å². The molecule has 2 aromatic rings. The first kappa shape index (κ1) is 14.5. The summed E-state index contributed by atoms with van der Waals surface area (Å²) in [6.07, 6.45) is 2.92. The molecule has 1 saturated heterocycles. The highest BCUT2D eigenvalue weighted by atomic mass is 35.5. The molecule has 23 heavy (non-hydrogen) atoms. The highest BCUT2D eigenvalue weighted by molar-refractivity contribution is 6.32. The van der Waals surface area contributed by atoms with Crippen LogP contribution in [0.4, 0.5) is 5.69 Å². The van der Waals surface area contributed by atoms with Gasteiger partial charge in [-0.05, 0) is 56.3 Å². The zero-order valence-electron chi connectivity index (χ0n) is 12.4. The Balaban J connectivity index is 1.94. The summed E-state index contributed by atoms with van der Waals surface area (Å²) in [5.74, 6) is 0.576. The number of carbonyl (C=O) groups excluding carboxylic acids is 1. The van der Waals surface area contributed by atoms with Gasteiger partial charge in [0.1, 0.15) is 11.3 Å². The SMILES string of the molecule is O=C1Nc2ccc(Cl)cc2C(c2ccco2)=NC12CCNCC2. The molecule has 0 saturated carbocycles. The molecule has 0 aliphatic carbocycles. The zero-order valence-corrected chi connectivity index (χ0v) is 13.2. The van der Waals surface area contributed by atoms with Crippen molar-refractivity contribution in [2.75, 3.05) is 18.4 Å². The number of piperidine rings is 1. The molecule has 1 aromatic heterocycles. The molecule has 0 unspecified atom stereocenters. The second kappa shape index (κ2) is 5.51. The number of benzene rings is 1. The summed E-state index contributed by atoms with van der Waals surface area (Å²) in [6, 6.07) is 9.07. The van der Waals surface area contributed by atoms with Gasteiger partial charge in [-0.3, -0.25) is 9.79 Å². The van der Waals surface area contributed by atoms with E-state index >= 15 is 0 Å². The van der Waals surface area contributed by atoms with Crippen molar-refractivity contribution in [1.82, 2.24) is 5.32 Å². The van der Waals surface area contributed by atoms with E-state index in [1.54, 1.807) is 12.3 Å². The number of furan rings is 1. The molecule has 1 fully saturated rings. The van der Waals surface area contributed by atoms with Crippen molar-refractivity contribution in [3.05, 3.63) is 52.9 Å². The molecule has 4 rings (SSSR count). The van der Waals surface area contributed by atoms with E-state index in [1.807, 2.05) is 24.3 Å². The van der Waals surface area contributed by atoms with Crippen LogP contribution < -0.4 is 10.6 Å². The van der Waals surface area contributed by atoms with Crippen LogP contribution in [0, 0.1) is 0 Å². The van der Waals surface area contributed by atoms with Crippen LogP contribution in [0.2, 0.25) is 5.02 Å². The number of hydrogen-bond donors (Lipinski definition) is 2. The number of amides is 1. The lowest BCUT2D eigenvalue weighted by Crippen LogP contribution is -2.49. The minimum Gasteiger partial charge on any atom is -0.463 e. The number of aliphatic imine (C=N–C) groups is 1. The van der Waals surface area contributed by atoms with E-state index in [0.717, 1.165) is 18.7 Å². The quantitative estimate of drug-likeness (QED) is 0.845. The Hall–Kier alpha value is -2.11. The first-order valence-electron chi connectivity index (χ1n) is 7.64. The zero-order chi connectivity index (χ0) is 15.9. The first-order valence-corrected chi connectivity index (χ1v) is 8.02. The predicted octanol–water partition coefficient (Wildman–Crippen LogP) is 2.84. The largest absolute Gasteiger partial charge is 0.463 e. The maximum atomic E-state index is 12.8. The van der Waals surface area contributed by atoms with Gasteiger partial charge in [-0.2, -0.15) is 0 Å². The minimum atomic E-state index is -0.765. The van der Waals surface area contributed by atoms with Crippen LogP contribution in [0.25, 0.3) is 0 Å². The standard InChI is InChI=1S/C17H16ClN3O2/c18-11-3-4-13-12(10-11)15(14-2-1-9-23-14)21-17(16(22)20-13)5-7-19-8-6-17/h1-4,9-10,19H,5-8H2,(H,20,22). The van der Waals surface area contributed by atoms with Crippen LogP contribution in [-0.2, 0) is 4.79 Å². The number of rotatable bonds is 1. The predicted molar refractivity (Wildman–Crippen MR) is 89.3 cm³/mol. The summed E-state index contributed by atoms with van der Waals surface area (Å²) in [5, 5.41) is 6.90. The molecule has 5 nitrogen and oxygen atoms in total. The second-order valence-corrected chi connectivity index (χ2v) is 6.30. The highest BCUT2D eigenvalue weighted by Gasteiger charge is 2.42. The van der Waals surface area contributed by atoms with Gasteiger partial charge in [0.2, 0.25) is 0 Å². The molecule has 2 aliphatic heterocycles. The van der Waals surface area contributed by atoms with Gasteiger partial charge in [0.25, 0.3) is 5.91 Å². The summed E-state index contributed by atoms with van der Waals surface area (Å²) in [4.78, 5) is 17.7. The first-order chi connectivity index (χ1) is 11.2. The van der Waals surface area contributed by atoms with Gasteiger partial charge in [0, 0.05) is 10.6 Å². The molecule has 3 heterocycles. The number of carbonyl (C=O) groups is 1. The second-order valence-electron chi connectivity index (χ2n) is 5.86. The van der Waals surface area contributed by atoms with Gasteiger partial charge in [0.15, 0.2) is 5.76 Å². The molecule has 0 bridgehead atoms.